The first-order valence-electron chi connectivity index (χ1n) is 9.05. The molecule has 25 heavy (non-hydrogen) atoms. The number of hydrogen-bond donors (Lipinski definition) is 1. The number of fused-ring (bicyclic) bond motifs is 1. The summed E-state index contributed by atoms with van der Waals surface area (Å²) in [6.45, 7) is 11.7. The van der Waals surface area contributed by atoms with Gasteiger partial charge in [-0.3, -0.25) is 9.69 Å². The molecular formula is C20H28N2O3. The van der Waals surface area contributed by atoms with Crippen molar-refractivity contribution in [2.24, 2.45) is 0 Å². The van der Waals surface area contributed by atoms with E-state index in [9.17, 15) is 4.79 Å². The summed E-state index contributed by atoms with van der Waals surface area (Å²) in [7, 11) is 0. The fourth-order valence-corrected chi connectivity index (χ4v) is 3.58. The van der Waals surface area contributed by atoms with Crippen LogP contribution in [-0.2, 0) is 16.0 Å². The lowest BCUT2D eigenvalue weighted by Gasteiger charge is -2.35. The molecule has 3 rings (SSSR count). The van der Waals surface area contributed by atoms with Gasteiger partial charge in [0.2, 0.25) is 5.91 Å². The van der Waals surface area contributed by atoms with Crippen molar-refractivity contribution in [1.29, 1.82) is 0 Å². The molecule has 136 valence electrons. The monoisotopic (exact) mass is 344 g/mol. The van der Waals surface area contributed by atoms with Crippen molar-refractivity contribution >= 4 is 16.9 Å². The van der Waals surface area contributed by atoms with Gasteiger partial charge >= 0.3 is 0 Å². The molecule has 0 aliphatic carbocycles. The van der Waals surface area contributed by atoms with Gasteiger partial charge in [0.1, 0.15) is 5.58 Å². The zero-order valence-corrected chi connectivity index (χ0v) is 15.6. The smallest absolute Gasteiger partial charge is 0.224 e. The Hall–Kier alpha value is -1.85. The van der Waals surface area contributed by atoms with Gasteiger partial charge in [-0.1, -0.05) is 12.1 Å². The minimum atomic E-state index is 0.0373. The summed E-state index contributed by atoms with van der Waals surface area (Å²) in [5, 5.41) is 4.06. The topological polar surface area (TPSA) is 54.7 Å². The van der Waals surface area contributed by atoms with Gasteiger partial charge in [-0.2, -0.15) is 0 Å². The highest BCUT2D eigenvalue weighted by Crippen LogP contribution is 2.26. The van der Waals surface area contributed by atoms with Gasteiger partial charge in [0, 0.05) is 37.1 Å². The highest BCUT2D eigenvalue weighted by molar-refractivity contribution is 5.89. The predicted molar refractivity (Wildman–Crippen MR) is 98.9 cm³/mol. The first kappa shape index (κ1) is 18.0. The van der Waals surface area contributed by atoms with E-state index in [1.54, 1.807) is 6.26 Å². The molecule has 2 heterocycles. The van der Waals surface area contributed by atoms with Crippen molar-refractivity contribution in [2.75, 3.05) is 26.2 Å². The first-order valence-corrected chi connectivity index (χ1v) is 9.05. The predicted octanol–water partition coefficient (Wildman–Crippen LogP) is 2.82. The second kappa shape index (κ2) is 7.58. The zero-order chi connectivity index (χ0) is 18.0. The second-order valence-electron chi connectivity index (χ2n) is 7.19. The standard InChI is InChI=1S/C20H28N2O3/c1-13-5-6-18-17(12-24-20(18)16(13)4)9-19(23)21-7-8-22-10-14(2)25-15(3)11-22/h5-6,12,14-15H,7-11H2,1-4H3,(H,21,23). The normalized spacial score (nSPS) is 21.6. The lowest BCUT2D eigenvalue weighted by atomic mass is 10.0. The third kappa shape index (κ3) is 4.22. The van der Waals surface area contributed by atoms with Gasteiger partial charge in [-0.25, -0.2) is 0 Å². The number of nitrogens with zero attached hydrogens (tertiary/aromatic N) is 1. The fraction of sp³-hybridized carbons (Fsp3) is 0.550. The Labute approximate surface area is 149 Å². The number of hydrogen-bond acceptors (Lipinski definition) is 4. The third-order valence-electron chi connectivity index (χ3n) is 4.94. The van der Waals surface area contributed by atoms with Crippen LogP contribution in [0.25, 0.3) is 11.0 Å². The number of nitrogens with one attached hydrogen (secondary N) is 1. The average molecular weight is 344 g/mol. The Morgan fingerprint density at radius 1 is 1.24 bits per heavy atom. The van der Waals surface area contributed by atoms with Crippen LogP contribution >= 0.6 is 0 Å². The van der Waals surface area contributed by atoms with Crippen LogP contribution in [0.4, 0.5) is 0 Å². The molecule has 1 aromatic heterocycles. The van der Waals surface area contributed by atoms with Crippen molar-refractivity contribution < 1.29 is 13.9 Å². The van der Waals surface area contributed by atoms with Crippen LogP contribution < -0.4 is 5.32 Å². The number of carbonyl (C=O) groups is 1. The molecule has 1 N–H and O–H groups in total. The van der Waals surface area contributed by atoms with Gasteiger partial charge in [-0.15, -0.1) is 0 Å². The third-order valence-corrected chi connectivity index (χ3v) is 4.94. The Bertz CT molecular complexity index is 743. The maximum absolute atomic E-state index is 12.3. The molecule has 1 aliphatic rings. The lowest BCUT2D eigenvalue weighted by Crippen LogP contribution is -2.48. The van der Waals surface area contributed by atoms with Gasteiger partial charge in [0.15, 0.2) is 0 Å². The van der Waals surface area contributed by atoms with Crippen molar-refractivity contribution in [3.8, 4) is 0 Å². The molecule has 0 radical (unpaired) electrons. The minimum Gasteiger partial charge on any atom is -0.464 e. The highest BCUT2D eigenvalue weighted by Gasteiger charge is 2.21. The summed E-state index contributed by atoms with van der Waals surface area (Å²) < 4.78 is 11.4. The van der Waals surface area contributed by atoms with Gasteiger partial charge in [0.05, 0.1) is 24.9 Å². The quantitative estimate of drug-likeness (QED) is 0.906. The molecule has 1 amide bonds. The van der Waals surface area contributed by atoms with Crippen molar-refractivity contribution in [2.45, 2.75) is 46.3 Å². The van der Waals surface area contributed by atoms with Crippen molar-refractivity contribution in [1.82, 2.24) is 10.2 Å². The van der Waals surface area contributed by atoms with Crippen LogP contribution in [0, 0.1) is 13.8 Å². The molecule has 0 bridgehead atoms. The molecule has 2 atom stereocenters. The molecule has 0 spiro atoms. The van der Waals surface area contributed by atoms with Crippen LogP contribution in [0.5, 0.6) is 0 Å². The summed E-state index contributed by atoms with van der Waals surface area (Å²) >= 11 is 0. The summed E-state index contributed by atoms with van der Waals surface area (Å²) in [6.07, 6.45) is 2.57. The molecule has 1 saturated heterocycles. The summed E-state index contributed by atoms with van der Waals surface area (Å²) in [5.41, 5.74) is 4.18. The number of rotatable bonds is 5. The maximum atomic E-state index is 12.3. The van der Waals surface area contributed by atoms with E-state index < -0.39 is 0 Å². The van der Waals surface area contributed by atoms with E-state index in [4.69, 9.17) is 9.15 Å². The first-order chi connectivity index (χ1) is 11.9. The van der Waals surface area contributed by atoms with Crippen molar-refractivity contribution in [3.05, 3.63) is 35.1 Å². The molecule has 2 aromatic rings. The molecular weight excluding hydrogens is 316 g/mol. The van der Waals surface area contributed by atoms with Crippen LogP contribution in [0.1, 0.15) is 30.5 Å². The highest BCUT2D eigenvalue weighted by atomic mass is 16.5. The van der Waals surface area contributed by atoms with E-state index in [1.807, 2.05) is 6.07 Å². The van der Waals surface area contributed by atoms with Gasteiger partial charge in [0.25, 0.3) is 0 Å². The van der Waals surface area contributed by atoms with E-state index in [-0.39, 0.29) is 18.1 Å². The lowest BCUT2D eigenvalue weighted by molar-refractivity contribution is -0.120. The van der Waals surface area contributed by atoms with Gasteiger partial charge < -0.3 is 14.5 Å². The van der Waals surface area contributed by atoms with Crippen LogP contribution in [0.2, 0.25) is 0 Å². The number of furan rings is 1. The molecule has 1 fully saturated rings. The number of aryl methyl sites for hydroxylation is 2. The SMILES string of the molecule is Cc1ccc2c(CC(=O)NCCN3CC(C)OC(C)C3)coc2c1C. The number of ether oxygens (including phenoxy) is 1. The summed E-state index contributed by atoms with van der Waals surface area (Å²) in [5.74, 6) is 0.0373. The summed E-state index contributed by atoms with van der Waals surface area (Å²) in [6, 6.07) is 4.12. The fourth-order valence-electron chi connectivity index (χ4n) is 3.58. The number of carbonyl (C=O) groups excluding carboxylic acids is 1. The molecule has 1 aliphatic heterocycles. The minimum absolute atomic E-state index is 0.0373. The van der Waals surface area contributed by atoms with E-state index in [0.29, 0.717) is 13.0 Å². The Morgan fingerprint density at radius 2 is 1.96 bits per heavy atom. The Kier molecular flexibility index (Phi) is 5.45. The van der Waals surface area contributed by atoms with E-state index in [2.05, 4.69) is 44.0 Å². The Morgan fingerprint density at radius 3 is 2.68 bits per heavy atom. The van der Waals surface area contributed by atoms with E-state index in [0.717, 1.165) is 41.7 Å². The van der Waals surface area contributed by atoms with E-state index >= 15 is 0 Å². The van der Waals surface area contributed by atoms with Gasteiger partial charge in [-0.05, 0) is 38.8 Å². The maximum Gasteiger partial charge on any atom is 0.224 e. The number of morpholine rings is 1. The van der Waals surface area contributed by atoms with Crippen LogP contribution in [0.3, 0.4) is 0 Å². The second-order valence-corrected chi connectivity index (χ2v) is 7.19. The number of amides is 1. The van der Waals surface area contributed by atoms with Crippen molar-refractivity contribution in [3.63, 3.8) is 0 Å². The van der Waals surface area contributed by atoms with Crippen LogP contribution in [-0.4, -0.2) is 49.2 Å². The van der Waals surface area contributed by atoms with E-state index in [1.165, 1.54) is 5.56 Å². The van der Waals surface area contributed by atoms with Crippen LogP contribution in [0.15, 0.2) is 22.8 Å². The molecule has 1 aromatic carbocycles. The Balaban J connectivity index is 1.52. The molecule has 5 heteroatoms. The molecule has 0 saturated carbocycles. The summed E-state index contributed by atoms with van der Waals surface area (Å²) in [4.78, 5) is 14.6. The largest absolute Gasteiger partial charge is 0.464 e. The molecule has 5 nitrogen and oxygen atoms in total. The number of benzene rings is 1. The molecule has 2 unspecified atom stereocenters. The average Bonchev–Trinajstić information content (AvgIpc) is 2.93. The zero-order valence-electron chi connectivity index (χ0n) is 15.6.